The Morgan fingerprint density at radius 2 is 1.84 bits per heavy atom. The second-order valence-electron chi connectivity index (χ2n) is 8.24. The predicted octanol–water partition coefficient (Wildman–Crippen LogP) is 3.10. The first-order valence-electron chi connectivity index (χ1n) is 10.8. The van der Waals surface area contributed by atoms with Crippen molar-refractivity contribution < 1.29 is 27.6 Å². The number of hydrogen-bond acceptors (Lipinski definition) is 7. The van der Waals surface area contributed by atoms with E-state index in [1.807, 2.05) is 0 Å². The summed E-state index contributed by atoms with van der Waals surface area (Å²) in [6.07, 6.45) is -2.80. The Balaban J connectivity index is 1.67. The number of halogens is 3. The molecule has 0 bridgehead atoms. The maximum Gasteiger partial charge on any atom is 0.433 e. The van der Waals surface area contributed by atoms with Gasteiger partial charge in [0, 0.05) is 24.4 Å². The second kappa shape index (κ2) is 9.41. The molecule has 3 heterocycles. The normalized spacial score (nSPS) is 11.5. The van der Waals surface area contributed by atoms with Crippen molar-refractivity contribution in [1.29, 1.82) is 0 Å². The van der Waals surface area contributed by atoms with E-state index in [-0.39, 0.29) is 29.3 Å². The standard InChI is InChI=1S/C24H20F3N7O3/c1-12-8-14(22-29-11-16-20(31-22)13(2)9-19(30-16)24(25,26)27)4-5-17(12)33(3)23(37)18-10-15(21(28)36)32-34(18)6-7-35/h4-5,7-11H,6H2,1-3H3,(H2,28,36). The van der Waals surface area contributed by atoms with E-state index in [1.54, 1.807) is 25.1 Å². The Labute approximate surface area is 207 Å². The van der Waals surface area contributed by atoms with Crippen molar-refractivity contribution in [2.45, 2.75) is 26.6 Å². The topological polar surface area (TPSA) is 137 Å². The first kappa shape index (κ1) is 25.4. The molecule has 0 fully saturated rings. The number of aromatic nitrogens is 5. The third-order valence-corrected chi connectivity index (χ3v) is 5.65. The summed E-state index contributed by atoms with van der Waals surface area (Å²) in [5, 5.41) is 3.90. The highest BCUT2D eigenvalue weighted by Crippen LogP contribution is 2.31. The Kier molecular flexibility index (Phi) is 6.46. The molecule has 3 aromatic heterocycles. The third-order valence-electron chi connectivity index (χ3n) is 5.65. The zero-order valence-corrected chi connectivity index (χ0v) is 19.9. The van der Waals surface area contributed by atoms with Gasteiger partial charge in [-0.25, -0.2) is 15.0 Å². The molecular weight excluding hydrogens is 491 g/mol. The van der Waals surface area contributed by atoms with Crippen LogP contribution in [0.5, 0.6) is 0 Å². The molecule has 0 aliphatic carbocycles. The van der Waals surface area contributed by atoms with Crippen LogP contribution in [0, 0.1) is 13.8 Å². The van der Waals surface area contributed by atoms with Crippen LogP contribution in [-0.4, -0.2) is 49.9 Å². The molecule has 4 aromatic rings. The summed E-state index contributed by atoms with van der Waals surface area (Å²) in [6, 6.07) is 7.20. The number of hydrogen-bond donors (Lipinski definition) is 1. The number of carbonyl (C=O) groups is 3. The lowest BCUT2D eigenvalue weighted by Crippen LogP contribution is -2.29. The van der Waals surface area contributed by atoms with Crippen LogP contribution in [0.2, 0.25) is 0 Å². The van der Waals surface area contributed by atoms with Gasteiger partial charge in [0.05, 0.1) is 18.3 Å². The summed E-state index contributed by atoms with van der Waals surface area (Å²) < 4.78 is 40.3. The highest BCUT2D eigenvalue weighted by molar-refractivity contribution is 6.06. The SMILES string of the molecule is Cc1cc(-c2ncc3nc(C(F)(F)F)cc(C)c3n2)ccc1N(C)C(=O)c1cc(C(N)=O)nn1CC=O. The number of alkyl halides is 3. The number of amides is 2. The van der Waals surface area contributed by atoms with Crippen LogP contribution >= 0.6 is 0 Å². The van der Waals surface area contributed by atoms with Gasteiger partial charge in [0.15, 0.2) is 11.5 Å². The van der Waals surface area contributed by atoms with Crippen molar-refractivity contribution in [2.24, 2.45) is 5.73 Å². The molecular formula is C24H20F3N7O3. The monoisotopic (exact) mass is 511 g/mol. The first-order chi connectivity index (χ1) is 17.4. The van der Waals surface area contributed by atoms with Gasteiger partial charge in [-0.2, -0.15) is 18.3 Å². The number of rotatable bonds is 6. The largest absolute Gasteiger partial charge is 0.433 e. The molecule has 13 heteroatoms. The van der Waals surface area contributed by atoms with Gasteiger partial charge in [-0.05, 0) is 49.2 Å². The molecule has 190 valence electrons. The third kappa shape index (κ3) is 4.87. The molecule has 2 amide bonds. The molecule has 0 saturated carbocycles. The molecule has 0 saturated heterocycles. The Morgan fingerprint density at radius 3 is 2.46 bits per heavy atom. The highest BCUT2D eigenvalue weighted by Gasteiger charge is 2.33. The van der Waals surface area contributed by atoms with Crippen LogP contribution in [0.1, 0.15) is 37.8 Å². The van der Waals surface area contributed by atoms with E-state index in [4.69, 9.17) is 5.73 Å². The van der Waals surface area contributed by atoms with E-state index in [9.17, 15) is 27.6 Å². The van der Waals surface area contributed by atoms with E-state index < -0.39 is 23.7 Å². The maximum absolute atomic E-state index is 13.2. The first-order valence-corrected chi connectivity index (χ1v) is 10.8. The molecule has 37 heavy (non-hydrogen) atoms. The molecule has 0 unspecified atom stereocenters. The number of benzene rings is 1. The Morgan fingerprint density at radius 1 is 1.11 bits per heavy atom. The van der Waals surface area contributed by atoms with E-state index in [0.29, 0.717) is 34.2 Å². The molecule has 2 N–H and O–H groups in total. The van der Waals surface area contributed by atoms with Gasteiger partial charge in [-0.15, -0.1) is 0 Å². The van der Waals surface area contributed by atoms with Crippen LogP contribution < -0.4 is 10.6 Å². The Bertz CT molecular complexity index is 1560. The summed E-state index contributed by atoms with van der Waals surface area (Å²) in [6.45, 7) is 3.03. The van der Waals surface area contributed by atoms with Crippen molar-refractivity contribution in [3.63, 3.8) is 0 Å². The summed E-state index contributed by atoms with van der Waals surface area (Å²) >= 11 is 0. The lowest BCUT2D eigenvalue weighted by Gasteiger charge is -2.20. The number of anilines is 1. The summed E-state index contributed by atoms with van der Waals surface area (Å²) in [7, 11) is 1.52. The van der Waals surface area contributed by atoms with E-state index in [0.717, 1.165) is 10.7 Å². The van der Waals surface area contributed by atoms with Gasteiger partial charge in [0.2, 0.25) is 0 Å². The van der Waals surface area contributed by atoms with Gasteiger partial charge in [-0.3, -0.25) is 14.3 Å². The molecule has 0 spiro atoms. The van der Waals surface area contributed by atoms with Gasteiger partial charge in [0.25, 0.3) is 11.8 Å². The molecule has 0 aliphatic rings. The van der Waals surface area contributed by atoms with E-state index >= 15 is 0 Å². The minimum Gasteiger partial charge on any atom is -0.364 e. The lowest BCUT2D eigenvalue weighted by atomic mass is 10.1. The van der Waals surface area contributed by atoms with Crippen LogP contribution in [0.3, 0.4) is 0 Å². The second-order valence-corrected chi connectivity index (χ2v) is 8.24. The number of aryl methyl sites for hydroxylation is 2. The van der Waals surface area contributed by atoms with Crippen LogP contribution in [0.4, 0.5) is 18.9 Å². The zero-order chi connectivity index (χ0) is 27.1. The number of pyridine rings is 1. The van der Waals surface area contributed by atoms with Crippen LogP contribution in [0.25, 0.3) is 22.4 Å². The predicted molar refractivity (Wildman–Crippen MR) is 127 cm³/mol. The summed E-state index contributed by atoms with van der Waals surface area (Å²) in [4.78, 5) is 49.2. The minimum absolute atomic E-state index is 0.00550. The molecule has 10 nitrogen and oxygen atoms in total. The molecule has 0 radical (unpaired) electrons. The zero-order valence-electron chi connectivity index (χ0n) is 19.9. The average molecular weight is 511 g/mol. The van der Waals surface area contributed by atoms with Crippen molar-refractivity contribution >= 4 is 34.8 Å². The number of fused-ring (bicyclic) bond motifs is 1. The van der Waals surface area contributed by atoms with Gasteiger partial charge < -0.3 is 15.4 Å². The number of nitrogens with zero attached hydrogens (tertiary/aromatic N) is 6. The molecule has 1 aromatic carbocycles. The number of carbonyl (C=O) groups excluding carboxylic acids is 3. The number of aldehydes is 1. The van der Waals surface area contributed by atoms with E-state index in [2.05, 4.69) is 20.1 Å². The number of nitrogens with two attached hydrogens (primary N) is 1. The molecule has 0 aliphatic heterocycles. The molecule has 4 rings (SSSR count). The van der Waals surface area contributed by atoms with Crippen molar-refractivity contribution in [3.8, 4) is 11.4 Å². The van der Waals surface area contributed by atoms with Crippen molar-refractivity contribution in [3.05, 3.63) is 64.7 Å². The Hall–Kier alpha value is -4.68. The van der Waals surface area contributed by atoms with Crippen LogP contribution in [-0.2, 0) is 17.5 Å². The van der Waals surface area contributed by atoms with Gasteiger partial charge >= 0.3 is 6.18 Å². The van der Waals surface area contributed by atoms with E-state index in [1.165, 1.54) is 31.1 Å². The molecule has 0 atom stereocenters. The summed E-state index contributed by atoms with van der Waals surface area (Å²) in [5.74, 6) is -1.09. The average Bonchev–Trinajstić information content (AvgIpc) is 3.27. The van der Waals surface area contributed by atoms with Gasteiger partial charge in [-0.1, -0.05) is 0 Å². The maximum atomic E-state index is 13.2. The quantitative estimate of drug-likeness (QED) is 0.393. The fourth-order valence-corrected chi connectivity index (χ4v) is 3.84. The van der Waals surface area contributed by atoms with Crippen molar-refractivity contribution in [1.82, 2.24) is 24.7 Å². The fraction of sp³-hybridized carbons (Fsp3) is 0.208. The summed E-state index contributed by atoms with van der Waals surface area (Å²) in [5.41, 5.74) is 6.47. The smallest absolute Gasteiger partial charge is 0.364 e. The number of primary amides is 1. The lowest BCUT2D eigenvalue weighted by molar-refractivity contribution is -0.141. The van der Waals surface area contributed by atoms with Gasteiger partial charge in [0.1, 0.15) is 23.2 Å². The minimum atomic E-state index is -4.58. The van der Waals surface area contributed by atoms with Crippen molar-refractivity contribution in [2.75, 3.05) is 11.9 Å². The highest BCUT2D eigenvalue weighted by atomic mass is 19.4. The fourth-order valence-electron chi connectivity index (χ4n) is 3.84. The van der Waals surface area contributed by atoms with Crippen LogP contribution in [0.15, 0.2) is 36.5 Å².